The standard InChI is InChI=1S/C21H19N3O5S/c1-24(2)21(28)23-19(27)17-12-7-5-9-16(12)30-20(17)22-18(26)15-10-13(25)11-6-3-4-8-14(11)29-15/h3-4,6,8,10H,5,7,9H2,1-2H3,(H,22,26)(H,23,27,28). The number of hydrogen-bond acceptors (Lipinski definition) is 6. The summed E-state index contributed by atoms with van der Waals surface area (Å²) in [6, 6.07) is 7.24. The van der Waals surface area contributed by atoms with Crippen molar-refractivity contribution in [2.24, 2.45) is 0 Å². The molecule has 0 unspecified atom stereocenters. The van der Waals surface area contributed by atoms with Gasteiger partial charge >= 0.3 is 6.03 Å². The largest absolute Gasteiger partial charge is 0.451 e. The van der Waals surface area contributed by atoms with Gasteiger partial charge in [-0.1, -0.05) is 12.1 Å². The van der Waals surface area contributed by atoms with Crippen molar-refractivity contribution in [3.8, 4) is 0 Å². The van der Waals surface area contributed by atoms with Crippen LogP contribution in [0.4, 0.5) is 9.80 Å². The molecule has 8 nitrogen and oxygen atoms in total. The van der Waals surface area contributed by atoms with E-state index < -0.39 is 17.8 Å². The third-order valence-electron chi connectivity index (χ3n) is 4.86. The van der Waals surface area contributed by atoms with Crippen LogP contribution < -0.4 is 16.1 Å². The molecule has 0 radical (unpaired) electrons. The number of carbonyl (C=O) groups is 3. The van der Waals surface area contributed by atoms with Crippen molar-refractivity contribution >= 4 is 45.2 Å². The zero-order valence-electron chi connectivity index (χ0n) is 16.4. The molecule has 3 aromatic rings. The molecule has 0 saturated heterocycles. The average Bonchev–Trinajstić information content (AvgIpc) is 3.28. The number of hydrogen-bond donors (Lipinski definition) is 2. The maximum atomic E-state index is 12.8. The number of urea groups is 1. The molecular weight excluding hydrogens is 406 g/mol. The van der Waals surface area contributed by atoms with E-state index in [1.165, 1.54) is 30.3 Å². The van der Waals surface area contributed by atoms with Gasteiger partial charge in [0.15, 0.2) is 11.2 Å². The first-order valence-corrected chi connectivity index (χ1v) is 10.2. The quantitative estimate of drug-likeness (QED) is 0.671. The Morgan fingerprint density at radius 1 is 1.10 bits per heavy atom. The number of rotatable bonds is 3. The van der Waals surface area contributed by atoms with Gasteiger partial charge in [-0.2, -0.15) is 0 Å². The molecule has 1 aromatic carbocycles. The zero-order valence-corrected chi connectivity index (χ0v) is 17.2. The summed E-state index contributed by atoms with van der Waals surface area (Å²) in [5.74, 6) is -1.35. The Morgan fingerprint density at radius 2 is 1.87 bits per heavy atom. The van der Waals surface area contributed by atoms with Gasteiger partial charge < -0.3 is 14.6 Å². The number of para-hydroxylation sites is 1. The van der Waals surface area contributed by atoms with Crippen LogP contribution in [0.15, 0.2) is 39.5 Å². The number of fused-ring (bicyclic) bond motifs is 2. The molecule has 0 saturated carbocycles. The van der Waals surface area contributed by atoms with Crippen LogP contribution >= 0.6 is 11.3 Å². The number of benzene rings is 1. The van der Waals surface area contributed by atoms with Crippen molar-refractivity contribution in [2.75, 3.05) is 19.4 Å². The molecule has 2 aromatic heterocycles. The van der Waals surface area contributed by atoms with Gasteiger partial charge in [0.05, 0.1) is 10.9 Å². The van der Waals surface area contributed by atoms with E-state index in [1.807, 2.05) is 0 Å². The van der Waals surface area contributed by atoms with Crippen LogP contribution in [0.5, 0.6) is 0 Å². The van der Waals surface area contributed by atoms with Gasteiger partial charge in [-0.15, -0.1) is 11.3 Å². The van der Waals surface area contributed by atoms with Crippen LogP contribution in [0.1, 0.15) is 37.8 Å². The maximum Gasteiger partial charge on any atom is 0.323 e. The summed E-state index contributed by atoms with van der Waals surface area (Å²) in [5, 5.41) is 5.74. The first kappa shape index (κ1) is 19.8. The topological polar surface area (TPSA) is 109 Å². The zero-order chi connectivity index (χ0) is 21.4. The van der Waals surface area contributed by atoms with E-state index in [9.17, 15) is 19.2 Å². The molecule has 0 fully saturated rings. The molecule has 2 heterocycles. The molecule has 2 N–H and O–H groups in total. The molecule has 0 aliphatic heterocycles. The fourth-order valence-corrected chi connectivity index (χ4v) is 4.67. The number of aryl methyl sites for hydroxylation is 1. The van der Waals surface area contributed by atoms with E-state index in [0.717, 1.165) is 29.3 Å². The lowest BCUT2D eigenvalue weighted by Gasteiger charge is -2.12. The van der Waals surface area contributed by atoms with Crippen LogP contribution in [-0.2, 0) is 12.8 Å². The summed E-state index contributed by atoms with van der Waals surface area (Å²) < 4.78 is 5.58. The van der Waals surface area contributed by atoms with Crippen molar-refractivity contribution in [3.63, 3.8) is 0 Å². The molecule has 4 rings (SSSR count). The predicted molar refractivity (Wildman–Crippen MR) is 113 cm³/mol. The second kappa shape index (κ2) is 7.75. The van der Waals surface area contributed by atoms with Crippen LogP contribution in [0.25, 0.3) is 11.0 Å². The Hall–Kier alpha value is -3.46. The minimum Gasteiger partial charge on any atom is -0.451 e. The highest BCUT2D eigenvalue weighted by Crippen LogP contribution is 2.39. The highest BCUT2D eigenvalue weighted by molar-refractivity contribution is 7.17. The maximum absolute atomic E-state index is 12.8. The number of imide groups is 1. The Labute approximate surface area is 175 Å². The van der Waals surface area contributed by atoms with E-state index in [0.29, 0.717) is 28.0 Å². The summed E-state index contributed by atoms with van der Waals surface area (Å²) in [4.78, 5) is 52.0. The first-order chi connectivity index (χ1) is 14.3. The van der Waals surface area contributed by atoms with E-state index in [-0.39, 0.29) is 11.2 Å². The van der Waals surface area contributed by atoms with Gasteiger partial charge in [0.25, 0.3) is 11.8 Å². The second-order valence-corrected chi connectivity index (χ2v) is 8.25. The number of nitrogens with zero attached hydrogens (tertiary/aromatic N) is 1. The van der Waals surface area contributed by atoms with E-state index >= 15 is 0 Å². The number of anilines is 1. The van der Waals surface area contributed by atoms with Crippen LogP contribution in [-0.4, -0.2) is 36.8 Å². The lowest BCUT2D eigenvalue weighted by Crippen LogP contribution is -2.39. The Morgan fingerprint density at radius 3 is 2.63 bits per heavy atom. The molecular formula is C21H19N3O5S. The third-order valence-corrected chi connectivity index (χ3v) is 6.07. The van der Waals surface area contributed by atoms with E-state index in [4.69, 9.17) is 4.42 Å². The Kier molecular flexibility index (Phi) is 5.13. The lowest BCUT2D eigenvalue weighted by atomic mass is 10.1. The van der Waals surface area contributed by atoms with Gasteiger partial charge in [-0.05, 0) is 37.0 Å². The van der Waals surface area contributed by atoms with Gasteiger partial charge in [0, 0.05) is 25.0 Å². The van der Waals surface area contributed by atoms with Crippen molar-refractivity contribution < 1.29 is 18.8 Å². The third kappa shape index (κ3) is 3.59. The monoisotopic (exact) mass is 425 g/mol. The predicted octanol–water partition coefficient (Wildman–Crippen LogP) is 3.01. The molecule has 9 heteroatoms. The first-order valence-electron chi connectivity index (χ1n) is 9.36. The molecule has 1 aliphatic carbocycles. The molecule has 0 spiro atoms. The number of nitrogens with one attached hydrogen (secondary N) is 2. The van der Waals surface area contributed by atoms with Gasteiger partial charge in [0.1, 0.15) is 10.6 Å². The smallest absolute Gasteiger partial charge is 0.323 e. The SMILES string of the molecule is CN(C)C(=O)NC(=O)c1c(NC(=O)c2cc(=O)c3ccccc3o2)sc2c1CCC2. The number of thiophene rings is 1. The highest BCUT2D eigenvalue weighted by Gasteiger charge is 2.29. The Bertz CT molecular complexity index is 1240. The average molecular weight is 425 g/mol. The molecule has 4 amide bonds. The van der Waals surface area contributed by atoms with E-state index in [2.05, 4.69) is 10.6 Å². The molecule has 154 valence electrons. The fourth-order valence-electron chi connectivity index (χ4n) is 3.38. The fraction of sp³-hybridized carbons (Fsp3) is 0.238. The normalized spacial score (nSPS) is 12.5. The second-order valence-electron chi connectivity index (χ2n) is 7.14. The van der Waals surface area contributed by atoms with Crippen molar-refractivity contribution in [1.29, 1.82) is 0 Å². The molecule has 0 atom stereocenters. The molecule has 0 bridgehead atoms. The summed E-state index contributed by atoms with van der Waals surface area (Å²) in [6.07, 6.45) is 2.42. The van der Waals surface area contributed by atoms with Gasteiger partial charge in [0.2, 0.25) is 0 Å². The molecule has 30 heavy (non-hydrogen) atoms. The summed E-state index contributed by atoms with van der Waals surface area (Å²) in [7, 11) is 3.07. The summed E-state index contributed by atoms with van der Waals surface area (Å²) in [5.41, 5.74) is 1.11. The van der Waals surface area contributed by atoms with Gasteiger partial charge in [-0.25, -0.2) is 4.79 Å². The van der Waals surface area contributed by atoms with Crippen molar-refractivity contribution in [2.45, 2.75) is 19.3 Å². The van der Waals surface area contributed by atoms with Crippen LogP contribution in [0.3, 0.4) is 0 Å². The van der Waals surface area contributed by atoms with Crippen molar-refractivity contribution in [3.05, 3.63) is 62.3 Å². The molecule has 1 aliphatic rings. The lowest BCUT2D eigenvalue weighted by molar-refractivity contribution is 0.0957. The minimum absolute atomic E-state index is 0.150. The van der Waals surface area contributed by atoms with Crippen LogP contribution in [0, 0.1) is 0 Å². The minimum atomic E-state index is -0.634. The summed E-state index contributed by atoms with van der Waals surface area (Å²) >= 11 is 1.31. The summed E-state index contributed by atoms with van der Waals surface area (Å²) in [6.45, 7) is 0. The van der Waals surface area contributed by atoms with Gasteiger partial charge in [-0.3, -0.25) is 19.7 Å². The Balaban J connectivity index is 1.67. The number of amides is 4. The van der Waals surface area contributed by atoms with E-state index in [1.54, 1.807) is 24.3 Å². The van der Waals surface area contributed by atoms with Crippen LogP contribution in [0.2, 0.25) is 0 Å². The number of carbonyl (C=O) groups excluding carboxylic acids is 3. The van der Waals surface area contributed by atoms with Crippen molar-refractivity contribution in [1.82, 2.24) is 10.2 Å². The highest BCUT2D eigenvalue weighted by atomic mass is 32.1.